The fourth-order valence-corrected chi connectivity index (χ4v) is 2.38. The molecule has 0 bridgehead atoms. The summed E-state index contributed by atoms with van der Waals surface area (Å²) >= 11 is 0. The Balaban J connectivity index is 1.72. The molecule has 0 fully saturated rings. The Labute approximate surface area is 127 Å². The van der Waals surface area contributed by atoms with E-state index >= 15 is 0 Å². The van der Waals surface area contributed by atoms with Crippen LogP contribution in [0.1, 0.15) is 42.5 Å². The average Bonchev–Trinajstić information content (AvgIpc) is 2.93. The Morgan fingerprint density at radius 1 is 1.14 bits per heavy atom. The quantitative estimate of drug-likeness (QED) is 0.714. The molecule has 3 nitrogen and oxygen atoms in total. The van der Waals surface area contributed by atoms with Crippen LogP contribution in [0.15, 0.2) is 34.9 Å². The van der Waals surface area contributed by atoms with Crippen LogP contribution in [0.25, 0.3) is 0 Å². The third-order valence-electron chi connectivity index (χ3n) is 3.51. The van der Waals surface area contributed by atoms with Crippen LogP contribution in [0, 0.1) is 6.92 Å². The first-order chi connectivity index (χ1) is 10.3. The molecule has 3 heteroatoms. The van der Waals surface area contributed by atoms with Crippen molar-refractivity contribution >= 4 is 0 Å². The van der Waals surface area contributed by atoms with Crippen LogP contribution >= 0.6 is 0 Å². The molecule has 0 radical (unpaired) electrons. The highest BCUT2D eigenvalue weighted by molar-refractivity contribution is 5.22. The Morgan fingerprint density at radius 2 is 2.05 bits per heavy atom. The minimum Gasteiger partial charge on any atom is -0.446 e. The molecule has 0 aliphatic heterocycles. The minimum atomic E-state index is 0.868. The molecule has 0 unspecified atom stereocenters. The standard InChI is InChI=1S/C18H26N2O/c1-3-11-19-12-5-8-18-20-14-17(21-18)10-9-16-7-4-6-15(2)13-16/h4,6-7,13-14,19H,3,5,8-12H2,1-2H3. The molecule has 114 valence electrons. The van der Waals surface area contributed by atoms with Crippen molar-refractivity contribution in [3.63, 3.8) is 0 Å². The Bertz CT molecular complexity index is 534. The van der Waals surface area contributed by atoms with Gasteiger partial charge in [0.2, 0.25) is 0 Å². The van der Waals surface area contributed by atoms with Gasteiger partial charge in [-0.25, -0.2) is 4.98 Å². The molecule has 0 spiro atoms. The van der Waals surface area contributed by atoms with Gasteiger partial charge in [-0.2, -0.15) is 0 Å². The Morgan fingerprint density at radius 3 is 2.86 bits per heavy atom. The third-order valence-corrected chi connectivity index (χ3v) is 3.51. The van der Waals surface area contributed by atoms with Crippen molar-refractivity contribution in [2.45, 2.75) is 46.0 Å². The summed E-state index contributed by atoms with van der Waals surface area (Å²) in [6.07, 6.45) is 6.99. The lowest BCUT2D eigenvalue weighted by atomic mass is 10.1. The molecule has 2 rings (SSSR count). The zero-order valence-corrected chi connectivity index (χ0v) is 13.2. The fraction of sp³-hybridized carbons (Fsp3) is 0.500. The maximum Gasteiger partial charge on any atom is 0.194 e. The molecular formula is C18H26N2O. The van der Waals surface area contributed by atoms with E-state index in [9.17, 15) is 0 Å². The number of nitrogens with zero attached hydrogens (tertiary/aromatic N) is 1. The number of aryl methyl sites for hydroxylation is 4. The van der Waals surface area contributed by atoms with E-state index in [1.807, 2.05) is 6.20 Å². The predicted octanol–water partition coefficient (Wildman–Crippen LogP) is 3.70. The first-order valence-electron chi connectivity index (χ1n) is 7.97. The monoisotopic (exact) mass is 286 g/mol. The summed E-state index contributed by atoms with van der Waals surface area (Å²) in [6.45, 7) is 6.44. The Kier molecular flexibility index (Phi) is 6.48. The van der Waals surface area contributed by atoms with Crippen LogP contribution in [-0.4, -0.2) is 18.1 Å². The van der Waals surface area contributed by atoms with Gasteiger partial charge in [0, 0.05) is 12.8 Å². The second-order valence-electron chi connectivity index (χ2n) is 5.56. The zero-order valence-electron chi connectivity index (χ0n) is 13.2. The maximum absolute atomic E-state index is 5.80. The van der Waals surface area contributed by atoms with Gasteiger partial charge in [0.25, 0.3) is 0 Å². The lowest BCUT2D eigenvalue weighted by Gasteiger charge is -2.01. The van der Waals surface area contributed by atoms with E-state index in [-0.39, 0.29) is 0 Å². The van der Waals surface area contributed by atoms with Gasteiger partial charge in [-0.15, -0.1) is 0 Å². The van der Waals surface area contributed by atoms with E-state index in [4.69, 9.17) is 4.42 Å². The van der Waals surface area contributed by atoms with Crippen LogP contribution in [-0.2, 0) is 19.3 Å². The van der Waals surface area contributed by atoms with Crippen molar-refractivity contribution < 1.29 is 4.42 Å². The van der Waals surface area contributed by atoms with Crippen LogP contribution in [0.2, 0.25) is 0 Å². The van der Waals surface area contributed by atoms with Gasteiger partial charge in [-0.3, -0.25) is 0 Å². The SMILES string of the molecule is CCCNCCCc1ncc(CCc2cccc(C)c2)o1. The lowest BCUT2D eigenvalue weighted by Crippen LogP contribution is -2.16. The van der Waals surface area contributed by atoms with E-state index < -0.39 is 0 Å². The van der Waals surface area contributed by atoms with Gasteiger partial charge in [-0.1, -0.05) is 36.8 Å². The van der Waals surface area contributed by atoms with E-state index in [0.717, 1.165) is 50.4 Å². The van der Waals surface area contributed by atoms with Crippen LogP contribution < -0.4 is 5.32 Å². The summed E-state index contributed by atoms with van der Waals surface area (Å²) in [4.78, 5) is 4.37. The molecule has 1 aromatic heterocycles. The van der Waals surface area contributed by atoms with Crippen molar-refractivity contribution in [2.24, 2.45) is 0 Å². The molecule has 0 aliphatic rings. The summed E-state index contributed by atoms with van der Waals surface area (Å²) in [5, 5.41) is 3.39. The molecule has 0 amide bonds. The van der Waals surface area contributed by atoms with Gasteiger partial charge in [0.15, 0.2) is 5.89 Å². The van der Waals surface area contributed by atoms with Gasteiger partial charge in [0.1, 0.15) is 5.76 Å². The van der Waals surface area contributed by atoms with Crippen molar-refractivity contribution in [1.82, 2.24) is 10.3 Å². The number of nitrogens with one attached hydrogen (secondary N) is 1. The number of benzene rings is 1. The van der Waals surface area contributed by atoms with E-state index in [0.29, 0.717) is 0 Å². The molecular weight excluding hydrogens is 260 g/mol. The molecule has 1 aromatic carbocycles. The smallest absolute Gasteiger partial charge is 0.194 e. The molecule has 0 saturated carbocycles. The van der Waals surface area contributed by atoms with Crippen LogP contribution in [0.4, 0.5) is 0 Å². The largest absolute Gasteiger partial charge is 0.446 e. The molecule has 1 N–H and O–H groups in total. The normalized spacial score (nSPS) is 11.0. The predicted molar refractivity (Wildman–Crippen MR) is 86.6 cm³/mol. The average molecular weight is 286 g/mol. The minimum absolute atomic E-state index is 0.868. The van der Waals surface area contributed by atoms with E-state index in [1.165, 1.54) is 17.5 Å². The van der Waals surface area contributed by atoms with Crippen molar-refractivity contribution in [3.8, 4) is 0 Å². The van der Waals surface area contributed by atoms with Crippen LogP contribution in [0.3, 0.4) is 0 Å². The molecule has 2 aromatic rings. The topological polar surface area (TPSA) is 38.1 Å². The summed E-state index contributed by atoms with van der Waals surface area (Å²) in [5.74, 6) is 1.86. The Hall–Kier alpha value is -1.61. The fourth-order valence-electron chi connectivity index (χ4n) is 2.38. The second-order valence-corrected chi connectivity index (χ2v) is 5.56. The molecule has 0 aliphatic carbocycles. The van der Waals surface area contributed by atoms with Crippen molar-refractivity contribution in [3.05, 3.63) is 53.2 Å². The number of oxazole rings is 1. The molecule has 0 saturated heterocycles. The van der Waals surface area contributed by atoms with Gasteiger partial charge < -0.3 is 9.73 Å². The van der Waals surface area contributed by atoms with E-state index in [1.54, 1.807) is 0 Å². The van der Waals surface area contributed by atoms with Crippen molar-refractivity contribution in [1.29, 1.82) is 0 Å². The first kappa shape index (κ1) is 15.8. The number of hydrogen-bond acceptors (Lipinski definition) is 3. The van der Waals surface area contributed by atoms with Gasteiger partial charge >= 0.3 is 0 Å². The molecule has 21 heavy (non-hydrogen) atoms. The van der Waals surface area contributed by atoms with Crippen LogP contribution in [0.5, 0.6) is 0 Å². The lowest BCUT2D eigenvalue weighted by molar-refractivity contribution is 0.445. The maximum atomic E-state index is 5.80. The molecule has 0 atom stereocenters. The number of hydrogen-bond donors (Lipinski definition) is 1. The van der Waals surface area contributed by atoms with E-state index in [2.05, 4.69) is 48.4 Å². The van der Waals surface area contributed by atoms with Crippen molar-refractivity contribution in [2.75, 3.05) is 13.1 Å². The highest BCUT2D eigenvalue weighted by Gasteiger charge is 2.04. The third kappa shape index (κ3) is 5.72. The molecule has 1 heterocycles. The second kappa shape index (κ2) is 8.63. The summed E-state index contributed by atoms with van der Waals surface area (Å²) < 4.78 is 5.80. The number of aromatic nitrogens is 1. The first-order valence-corrected chi connectivity index (χ1v) is 7.97. The highest BCUT2D eigenvalue weighted by atomic mass is 16.4. The number of rotatable bonds is 9. The summed E-state index contributed by atoms with van der Waals surface area (Å²) in [5.41, 5.74) is 2.67. The summed E-state index contributed by atoms with van der Waals surface area (Å²) in [7, 11) is 0. The van der Waals surface area contributed by atoms with Gasteiger partial charge in [0.05, 0.1) is 6.20 Å². The van der Waals surface area contributed by atoms with Gasteiger partial charge in [-0.05, 0) is 44.8 Å². The highest BCUT2D eigenvalue weighted by Crippen LogP contribution is 2.11. The summed E-state index contributed by atoms with van der Waals surface area (Å²) in [6, 6.07) is 8.64. The zero-order chi connectivity index (χ0) is 14.9.